The molecule has 7 nitrogen and oxygen atoms in total. The summed E-state index contributed by atoms with van der Waals surface area (Å²) < 4.78 is 5.30. The van der Waals surface area contributed by atoms with Gasteiger partial charge in [-0.2, -0.15) is 4.98 Å². The third-order valence-electron chi connectivity index (χ3n) is 4.96. The third kappa shape index (κ3) is 3.17. The molecule has 3 heterocycles. The summed E-state index contributed by atoms with van der Waals surface area (Å²) in [5.74, 6) is 1.40. The first-order valence-corrected chi connectivity index (χ1v) is 8.81. The van der Waals surface area contributed by atoms with Gasteiger partial charge >= 0.3 is 0 Å². The van der Waals surface area contributed by atoms with Crippen molar-refractivity contribution in [2.24, 2.45) is 0 Å². The summed E-state index contributed by atoms with van der Waals surface area (Å²) in [6, 6.07) is 7.91. The number of hydrogen-bond acceptors (Lipinski definition) is 6. The van der Waals surface area contributed by atoms with E-state index in [4.69, 9.17) is 4.52 Å². The van der Waals surface area contributed by atoms with Gasteiger partial charge in [-0.1, -0.05) is 31.1 Å². The fraction of sp³-hybridized carbons (Fsp3) is 0.500. The van der Waals surface area contributed by atoms with Crippen molar-refractivity contribution in [3.63, 3.8) is 0 Å². The SMILES string of the molecule is CC(C)c1nc(CN2C(=O)C3(CCNCC3)Nc3ccccc32)no1.Cl. The van der Waals surface area contributed by atoms with E-state index in [1.807, 2.05) is 38.1 Å². The maximum absolute atomic E-state index is 13.4. The number of piperidine rings is 1. The molecule has 1 saturated heterocycles. The number of carbonyl (C=O) groups excluding carboxylic acids is 1. The zero-order chi connectivity index (χ0) is 17.4. The quantitative estimate of drug-likeness (QED) is 0.855. The number of carbonyl (C=O) groups is 1. The lowest BCUT2D eigenvalue weighted by Crippen LogP contribution is -2.61. The minimum atomic E-state index is -0.551. The summed E-state index contributed by atoms with van der Waals surface area (Å²) in [6.45, 7) is 5.99. The molecule has 2 aromatic rings. The van der Waals surface area contributed by atoms with Gasteiger partial charge in [0.25, 0.3) is 5.91 Å². The van der Waals surface area contributed by atoms with Crippen LogP contribution in [-0.2, 0) is 11.3 Å². The van der Waals surface area contributed by atoms with Gasteiger partial charge in [0.15, 0.2) is 5.82 Å². The molecule has 140 valence electrons. The lowest BCUT2D eigenvalue weighted by Gasteiger charge is -2.45. The number of fused-ring (bicyclic) bond motifs is 1. The van der Waals surface area contributed by atoms with Crippen molar-refractivity contribution >= 4 is 29.7 Å². The van der Waals surface area contributed by atoms with Crippen molar-refractivity contribution in [1.29, 1.82) is 0 Å². The summed E-state index contributed by atoms with van der Waals surface area (Å²) in [7, 11) is 0. The highest BCUT2D eigenvalue weighted by Gasteiger charge is 2.46. The van der Waals surface area contributed by atoms with Crippen LogP contribution in [-0.4, -0.2) is 34.7 Å². The van der Waals surface area contributed by atoms with E-state index in [0.717, 1.165) is 37.3 Å². The molecule has 1 aromatic heterocycles. The van der Waals surface area contributed by atoms with E-state index in [9.17, 15) is 4.79 Å². The molecule has 1 amide bonds. The van der Waals surface area contributed by atoms with Gasteiger partial charge < -0.3 is 20.1 Å². The molecule has 0 saturated carbocycles. The Morgan fingerprint density at radius 1 is 1.27 bits per heavy atom. The van der Waals surface area contributed by atoms with Crippen molar-refractivity contribution in [1.82, 2.24) is 15.5 Å². The van der Waals surface area contributed by atoms with Crippen LogP contribution in [0.15, 0.2) is 28.8 Å². The average Bonchev–Trinajstić information content (AvgIpc) is 3.09. The smallest absolute Gasteiger partial charge is 0.253 e. The third-order valence-corrected chi connectivity index (χ3v) is 4.96. The first-order valence-electron chi connectivity index (χ1n) is 8.81. The van der Waals surface area contributed by atoms with E-state index in [1.165, 1.54) is 0 Å². The van der Waals surface area contributed by atoms with Crippen LogP contribution in [0.3, 0.4) is 0 Å². The molecule has 1 aromatic carbocycles. The molecular weight excluding hydrogens is 354 g/mol. The summed E-state index contributed by atoms with van der Waals surface area (Å²) >= 11 is 0. The number of anilines is 2. The minimum Gasteiger partial charge on any atom is -0.369 e. The molecule has 1 fully saturated rings. The highest BCUT2D eigenvalue weighted by Crippen LogP contribution is 2.39. The van der Waals surface area contributed by atoms with Crippen LogP contribution in [0.1, 0.15) is 44.3 Å². The zero-order valence-electron chi connectivity index (χ0n) is 15.0. The molecule has 2 N–H and O–H groups in total. The van der Waals surface area contributed by atoms with E-state index < -0.39 is 5.54 Å². The summed E-state index contributed by atoms with van der Waals surface area (Å²) in [5, 5.41) is 10.9. The Hall–Kier alpha value is -2.12. The first-order chi connectivity index (χ1) is 12.1. The summed E-state index contributed by atoms with van der Waals surface area (Å²) in [5.41, 5.74) is 1.30. The van der Waals surface area contributed by atoms with Crippen LogP contribution in [0.5, 0.6) is 0 Å². The first kappa shape index (κ1) is 18.7. The molecule has 4 rings (SSSR count). The topological polar surface area (TPSA) is 83.3 Å². The molecule has 0 aliphatic carbocycles. The molecule has 1 spiro atoms. The van der Waals surface area contributed by atoms with Crippen molar-refractivity contribution in [2.45, 2.75) is 44.7 Å². The molecule has 26 heavy (non-hydrogen) atoms. The Balaban J connectivity index is 0.00000196. The Kier molecular flexibility index (Phi) is 5.20. The van der Waals surface area contributed by atoms with Gasteiger partial charge in [0.2, 0.25) is 5.89 Å². The highest BCUT2D eigenvalue weighted by atomic mass is 35.5. The van der Waals surface area contributed by atoms with Gasteiger partial charge in [0, 0.05) is 5.92 Å². The van der Waals surface area contributed by atoms with Gasteiger partial charge in [0.05, 0.1) is 17.9 Å². The maximum atomic E-state index is 13.4. The van der Waals surface area contributed by atoms with Crippen LogP contribution in [0, 0.1) is 0 Å². The number of benzene rings is 1. The predicted octanol–water partition coefficient (Wildman–Crippen LogP) is 2.70. The Morgan fingerprint density at radius 2 is 2.00 bits per heavy atom. The number of nitrogens with one attached hydrogen (secondary N) is 2. The number of nitrogens with zero attached hydrogens (tertiary/aromatic N) is 3. The number of halogens is 1. The molecule has 8 heteroatoms. The van der Waals surface area contributed by atoms with Crippen LogP contribution in [0.25, 0.3) is 0 Å². The van der Waals surface area contributed by atoms with Crippen LogP contribution < -0.4 is 15.5 Å². The van der Waals surface area contributed by atoms with Crippen molar-refractivity contribution in [3.8, 4) is 0 Å². The van der Waals surface area contributed by atoms with E-state index >= 15 is 0 Å². The van der Waals surface area contributed by atoms with Crippen molar-refractivity contribution < 1.29 is 9.32 Å². The molecule has 2 aliphatic rings. The Morgan fingerprint density at radius 3 is 2.69 bits per heavy atom. The lowest BCUT2D eigenvalue weighted by atomic mass is 9.84. The summed E-state index contributed by atoms with van der Waals surface area (Å²) in [4.78, 5) is 19.6. The van der Waals surface area contributed by atoms with E-state index in [1.54, 1.807) is 4.90 Å². The predicted molar refractivity (Wildman–Crippen MR) is 102 cm³/mol. The number of amides is 1. The number of rotatable bonds is 3. The maximum Gasteiger partial charge on any atom is 0.253 e. The van der Waals surface area contributed by atoms with Gasteiger partial charge in [0.1, 0.15) is 5.54 Å². The van der Waals surface area contributed by atoms with E-state index in [0.29, 0.717) is 18.3 Å². The summed E-state index contributed by atoms with van der Waals surface area (Å²) in [6.07, 6.45) is 1.53. The molecule has 0 atom stereocenters. The van der Waals surface area contributed by atoms with Gasteiger partial charge in [-0.25, -0.2) is 0 Å². The fourth-order valence-corrected chi connectivity index (χ4v) is 3.55. The molecular formula is C18H24ClN5O2. The molecule has 0 bridgehead atoms. The molecule has 2 aliphatic heterocycles. The minimum absolute atomic E-state index is 0. The molecule has 0 radical (unpaired) electrons. The monoisotopic (exact) mass is 377 g/mol. The standard InChI is InChI=1S/C18H23N5O2.ClH/c1-12(2)16-20-15(22-25-16)11-23-14-6-4-3-5-13(14)21-18(17(23)24)7-9-19-10-8-18;/h3-6,12,19,21H,7-11H2,1-2H3;1H. The fourth-order valence-electron chi connectivity index (χ4n) is 3.55. The van der Waals surface area contributed by atoms with Crippen molar-refractivity contribution in [2.75, 3.05) is 23.3 Å². The number of aromatic nitrogens is 2. The second kappa shape index (κ2) is 7.25. The normalized spacial score (nSPS) is 18.4. The number of hydrogen-bond donors (Lipinski definition) is 2. The van der Waals surface area contributed by atoms with Crippen LogP contribution in [0.4, 0.5) is 11.4 Å². The van der Waals surface area contributed by atoms with Gasteiger partial charge in [-0.15, -0.1) is 12.4 Å². The van der Waals surface area contributed by atoms with Crippen molar-refractivity contribution in [3.05, 3.63) is 36.0 Å². The number of para-hydroxylation sites is 2. The second-order valence-corrected chi connectivity index (χ2v) is 7.07. The lowest BCUT2D eigenvalue weighted by molar-refractivity contribution is -0.124. The van der Waals surface area contributed by atoms with E-state index in [2.05, 4.69) is 20.8 Å². The van der Waals surface area contributed by atoms with Gasteiger partial charge in [-0.3, -0.25) is 4.79 Å². The largest absolute Gasteiger partial charge is 0.369 e. The molecule has 0 unspecified atom stereocenters. The van der Waals surface area contributed by atoms with Crippen LogP contribution >= 0.6 is 12.4 Å². The van der Waals surface area contributed by atoms with E-state index in [-0.39, 0.29) is 24.2 Å². The average molecular weight is 378 g/mol. The van der Waals surface area contributed by atoms with Gasteiger partial charge in [-0.05, 0) is 38.1 Å². The second-order valence-electron chi connectivity index (χ2n) is 7.07. The Labute approximate surface area is 158 Å². The van der Waals surface area contributed by atoms with Crippen LogP contribution in [0.2, 0.25) is 0 Å². The zero-order valence-corrected chi connectivity index (χ0v) is 15.8. The highest BCUT2D eigenvalue weighted by molar-refractivity contribution is 6.07. The Bertz CT molecular complexity index is 785.